The van der Waals surface area contributed by atoms with E-state index < -0.39 is 6.17 Å². The molecule has 0 bridgehead atoms. The third-order valence-electron chi connectivity index (χ3n) is 7.83. The first-order chi connectivity index (χ1) is 18.3. The maximum absolute atomic E-state index is 14.9. The molecule has 6 rings (SSSR count). The van der Waals surface area contributed by atoms with Gasteiger partial charge in [-0.25, -0.2) is 14.4 Å². The normalized spacial score (nSPS) is 26.0. The number of hydrogen-bond acceptors (Lipinski definition) is 8. The zero-order valence-corrected chi connectivity index (χ0v) is 21.7. The third kappa shape index (κ3) is 4.84. The van der Waals surface area contributed by atoms with Crippen molar-refractivity contribution in [1.82, 2.24) is 35.2 Å². The van der Waals surface area contributed by atoms with Crippen LogP contribution in [0.15, 0.2) is 46.9 Å². The van der Waals surface area contributed by atoms with Gasteiger partial charge < -0.3 is 15.2 Å². The van der Waals surface area contributed by atoms with Gasteiger partial charge in [-0.3, -0.25) is 9.48 Å². The van der Waals surface area contributed by atoms with Crippen molar-refractivity contribution in [2.45, 2.75) is 63.6 Å². The SMILES string of the molecule is CC1C=C(c2ccnc(Nc3cnn(C)c3)n2)C=C2C[C@@H](F)CC[C@H](NC(=O)c3noc(C4(C)CC4)n3)C21. The van der Waals surface area contributed by atoms with Crippen LogP contribution < -0.4 is 10.6 Å². The number of nitrogens with zero attached hydrogens (tertiary/aromatic N) is 6. The van der Waals surface area contributed by atoms with Crippen LogP contribution >= 0.6 is 0 Å². The molecule has 11 heteroatoms. The van der Waals surface area contributed by atoms with Crippen molar-refractivity contribution in [2.24, 2.45) is 18.9 Å². The highest BCUT2D eigenvalue weighted by atomic mass is 19.1. The molecule has 198 valence electrons. The van der Waals surface area contributed by atoms with Gasteiger partial charge in [-0.15, -0.1) is 0 Å². The molecule has 2 fully saturated rings. The maximum Gasteiger partial charge on any atom is 0.292 e. The first-order valence-electron chi connectivity index (χ1n) is 13.1. The number of carbonyl (C=O) groups is 1. The molecule has 0 spiro atoms. The number of halogens is 1. The Morgan fingerprint density at radius 2 is 2.11 bits per heavy atom. The highest BCUT2D eigenvalue weighted by Crippen LogP contribution is 2.46. The van der Waals surface area contributed by atoms with Gasteiger partial charge >= 0.3 is 0 Å². The minimum absolute atomic E-state index is 0.0361. The molecule has 3 aromatic heterocycles. The third-order valence-corrected chi connectivity index (χ3v) is 7.83. The fraction of sp³-hybridized carbons (Fsp3) is 0.481. The van der Waals surface area contributed by atoms with E-state index in [1.807, 2.05) is 25.4 Å². The fourth-order valence-corrected chi connectivity index (χ4v) is 5.50. The van der Waals surface area contributed by atoms with Crippen molar-refractivity contribution in [3.8, 4) is 0 Å². The van der Waals surface area contributed by atoms with E-state index in [2.05, 4.69) is 55.8 Å². The number of allylic oxidation sites excluding steroid dienone is 3. The van der Waals surface area contributed by atoms with E-state index in [-0.39, 0.29) is 35.0 Å². The highest BCUT2D eigenvalue weighted by molar-refractivity contribution is 5.90. The predicted octanol–water partition coefficient (Wildman–Crippen LogP) is 4.28. The molecule has 3 aromatic rings. The van der Waals surface area contributed by atoms with Crippen LogP contribution in [-0.2, 0) is 12.5 Å². The van der Waals surface area contributed by atoms with E-state index in [4.69, 9.17) is 4.52 Å². The molecule has 4 atom stereocenters. The number of amides is 1. The summed E-state index contributed by atoms with van der Waals surface area (Å²) >= 11 is 0. The molecule has 2 unspecified atom stereocenters. The molecule has 2 N–H and O–H groups in total. The molecule has 3 aliphatic rings. The predicted molar refractivity (Wildman–Crippen MR) is 138 cm³/mol. The monoisotopic (exact) mass is 518 g/mol. The molecule has 0 aromatic carbocycles. The highest BCUT2D eigenvalue weighted by Gasteiger charge is 2.45. The Labute approximate surface area is 219 Å². The second-order valence-electron chi connectivity index (χ2n) is 11.0. The average molecular weight is 519 g/mol. The Bertz CT molecular complexity index is 1420. The van der Waals surface area contributed by atoms with Crippen LogP contribution in [0.1, 0.15) is 68.2 Å². The van der Waals surface area contributed by atoms with E-state index in [0.717, 1.165) is 35.4 Å². The Morgan fingerprint density at radius 3 is 2.87 bits per heavy atom. The van der Waals surface area contributed by atoms with Crippen molar-refractivity contribution in [1.29, 1.82) is 0 Å². The van der Waals surface area contributed by atoms with Crippen LogP contribution in [-0.4, -0.2) is 48.0 Å². The van der Waals surface area contributed by atoms with Crippen molar-refractivity contribution in [2.75, 3.05) is 5.32 Å². The van der Waals surface area contributed by atoms with Crippen molar-refractivity contribution in [3.05, 3.63) is 59.8 Å². The summed E-state index contributed by atoms with van der Waals surface area (Å²) in [6, 6.07) is 1.61. The molecule has 10 nitrogen and oxygen atoms in total. The summed E-state index contributed by atoms with van der Waals surface area (Å²) in [5.74, 6) is 0.637. The number of alkyl halides is 1. The molecule has 3 aliphatic carbocycles. The number of nitrogens with one attached hydrogen (secondary N) is 2. The second-order valence-corrected chi connectivity index (χ2v) is 11.0. The molecule has 38 heavy (non-hydrogen) atoms. The van der Waals surface area contributed by atoms with E-state index in [1.165, 1.54) is 0 Å². The lowest BCUT2D eigenvalue weighted by Gasteiger charge is -2.34. The summed E-state index contributed by atoms with van der Waals surface area (Å²) in [6.45, 7) is 4.15. The van der Waals surface area contributed by atoms with Crippen molar-refractivity contribution >= 4 is 23.1 Å². The van der Waals surface area contributed by atoms with Crippen LogP contribution in [0, 0.1) is 11.8 Å². The van der Waals surface area contributed by atoms with Crippen molar-refractivity contribution in [3.63, 3.8) is 0 Å². The maximum atomic E-state index is 14.9. The summed E-state index contributed by atoms with van der Waals surface area (Å²) in [4.78, 5) is 26.4. The minimum Gasteiger partial charge on any atom is -0.346 e. The van der Waals surface area contributed by atoms with Gasteiger partial charge in [0, 0.05) is 43.2 Å². The Balaban J connectivity index is 1.22. The standard InChI is InChI=1S/C27H31FN8O2/c1-15-10-16(20-6-9-29-26(33-20)31-19-13-30-36(3)14-19)11-17-12-18(28)4-5-21(22(15)17)32-24(37)23-34-25(38-35-23)27(2)7-8-27/h6,9-11,13-15,18,21-22H,4-5,7-8,12H2,1-3H3,(H,32,37)(H,29,31,33)/t15?,18-,21-,22?/m0/s1. The van der Waals surface area contributed by atoms with E-state index in [9.17, 15) is 9.18 Å². The van der Waals surface area contributed by atoms with Gasteiger partial charge in [-0.2, -0.15) is 10.1 Å². The zero-order chi connectivity index (χ0) is 26.4. The van der Waals surface area contributed by atoms with Crippen LogP contribution in [0.5, 0.6) is 0 Å². The number of aryl methyl sites for hydroxylation is 1. The van der Waals surface area contributed by atoms with Gasteiger partial charge in [0.1, 0.15) is 6.17 Å². The van der Waals surface area contributed by atoms with Gasteiger partial charge in [-0.05, 0) is 43.2 Å². The lowest BCUT2D eigenvalue weighted by molar-refractivity contribution is 0.0904. The Kier molecular flexibility index (Phi) is 6.08. The topological polar surface area (TPSA) is 124 Å². The smallest absolute Gasteiger partial charge is 0.292 e. The van der Waals surface area contributed by atoms with E-state index >= 15 is 0 Å². The van der Waals surface area contributed by atoms with E-state index in [1.54, 1.807) is 17.1 Å². The number of aromatic nitrogens is 6. The summed E-state index contributed by atoms with van der Waals surface area (Å²) < 4.78 is 22.0. The second kappa shape index (κ2) is 9.45. The molecule has 0 radical (unpaired) electrons. The molecule has 1 amide bonds. The number of anilines is 2. The van der Waals surface area contributed by atoms with Crippen LogP contribution in [0.2, 0.25) is 0 Å². The van der Waals surface area contributed by atoms with Crippen LogP contribution in [0.25, 0.3) is 5.57 Å². The molecular formula is C27H31FN8O2. The van der Waals surface area contributed by atoms with Gasteiger partial charge in [0.15, 0.2) is 0 Å². The van der Waals surface area contributed by atoms with Gasteiger partial charge in [0.25, 0.3) is 11.7 Å². The van der Waals surface area contributed by atoms with Gasteiger partial charge in [0.05, 0.1) is 17.6 Å². The lowest BCUT2D eigenvalue weighted by atomic mass is 9.75. The zero-order valence-electron chi connectivity index (χ0n) is 21.7. The molecule has 3 heterocycles. The summed E-state index contributed by atoms with van der Waals surface area (Å²) in [6.07, 6.45) is 11.6. The molecular weight excluding hydrogens is 487 g/mol. The molecule has 0 saturated heterocycles. The molecule has 2 saturated carbocycles. The first-order valence-corrected chi connectivity index (χ1v) is 13.1. The summed E-state index contributed by atoms with van der Waals surface area (Å²) in [5.41, 5.74) is 3.32. The lowest BCUT2D eigenvalue weighted by Crippen LogP contribution is -2.43. The van der Waals surface area contributed by atoms with Crippen LogP contribution in [0.4, 0.5) is 16.0 Å². The minimum atomic E-state index is -0.975. The summed E-state index contributed by atoms with van der Waals surface area (Å²) in [7, 11) is 1.84. The number of rotatable bonds is 6. The summed E-state index contributed by atoms with van der Waals surface area (Å²) in [5, 5.41) is 14.3. The number of carbonyl (C=O) groups excluding carboxylic acids is 1. The molecule has 0 aliphatic heterocycles. The number of fused-ring (bicyclic) bond motifs is 1. The fourth-order valence-electron chi connectivity index (χ4n) is 5.50. The Morgan fingerprint density at radius 1 is 1.26 bits per heavy atom. The first kappa shape index (κ1) is 24.4. The van der Waals surface area contributed by atoms with Gasteiger partial charge in [0.2, 0.25) is 11.8 Å². The largest absolute Gasteiger partial charge is 0.346 e. The quantitative estimate of drug-likeness (QED) is 0.496. The van der Waals surface area contributed by atoms with Crippen LogP contribution in [0.3, 0.4) is 0 Å². The number of hydrogen-bond donors (Lipinski definition) is 2. The average Bonchev–Trinajstić information content (AvgIpc) is 3.28. The van der Waals surface area contributed by atoms with E-state index in [0.29, 0.717) is 31.1 Å². The Hall–Kier alpha value is -3.89. The van der Waals surface area contributed by atoms with Gasteiger partial charge in [-0.1, -0.05) is 36.7 Å². The van der Waals surface area contributed by atoms with Crippen molar-refractivity contribution < 1.29 is 13.7 Å².